The van der Waals surface area contributed by atoms with E-state index in [1.165, 1.54) is 5.56 Å². The van der Waals surface area contributed by atoms with Gasteiger partial charge < -0.3 is 14.1 Å². The van der Waals surface area contributed by atoms with E-state index in [-0.39, 0.29) is 6.61 Å². The number of imidazole rings is 2. The number of aliphatic hydroxyl groups excluding tert-OH is 1. The lowest BCUT2D eigenvalue weighted by atomic mass is 10.3. The van der Waals surface area contributed by atoms with Crippen molar-refractivity contribution in [1.82, 2.24) is 18.9 Å². The molecule has 0 aliphatic heterocycles. The summed E-state index contributed by atoms with van der Waals surface area (Å²) in [5.41, 5.74) is 4.01. The molecule has 3 aromatic heterocycles. The third-order valence-corrected chi connectivity index (χ3v) is 4.36. The maximum Gasteiger partial charge on any atom is 0.168 e. The zero-order valence-corrected chi connectivity index (χ0v) is 12.3. The highest BCUT2D eigenvalue weighted by atomic mass is 32.2. The Kier molecular flexibility index (Phi) is 3.50. The minimum atomic E-state index is 0.0115. The fraction of sp³-hybridized carbons (Fsp3) is 0.286. The van der Waals surface area contributed by atoms with Gasteiger partial charge in [-0.1, -0.05) is 17.8 Å². The molecule has 6 heteroatoms. The first kappa shape index (κ1) is 13.2. The van der Waals surface area contributed by atoms with Crippen LogP contribution in [0.4, 0.5) is 0 Å². The summed E-state index contributed by atoms with van der Waals surface area (Å²) in [4.78, 5) is 8.94. The molecule has 20 heavy (non-hydrogen) atoms. The Bertz CT molecular complexity index is 747. The van der Waals surface area contributed by atoms with Crippen LogP contribution in [0.1, 0.15) is 17.0 Å². The van der Waals surface area contributed by atoms with Crippen molar-refractivity contribution in [3.05, 3.63) is 47.7 Å². The van der Waals surface area contributed by atoms with Gasteiger partial charge in [-0.05, 0) is 18.6 Å². The third kappa shape index (κ3) is 2.32. The van der Waals surface area contributed by atoms with E-state index in [1.54, 1.807) is 18.0 Å². The molecule has 0 saturated carbocycles. The predicted molar refractivity (Wildman–Crippen MR) is 78.6 cm³/mol. The van der Waals surface area contributed by atoms with Gasteiger partial charge in [0.05, 0.1) is 24.2 Å². The van der Waals surface area contributed by atoms with Crippen molar-refractivity contribution in [3.8, 4) is 0 Å². The molecule has 0 radical (unpaired) electrons. The summed E-state index contributed by atoms with van der Waals surface area (Å²) in [6, 6.07) is 4.08. The number of rotatable bonds is 4. The number of thioether (sulfide) groups is 1. The van der Waals surface area contributed by atoms with Gasteiger partial charge in [0.1, 0.15) is 5.65 Å². The standard InChI is InChI=1S/C14H16N4OS/c1-10-4-3-5-18-7-11(16-13(10)18)9-20-14-15-6-12(8-19)17(14)2/h3-7,19H,8-9H2,1-2H3. The largest absolute Gasteiger partial charge is 0.390 e. The fourth-order valence-electron chi connectivity index (χ4n) is 2.12. The summed E-state index contributed by atoms with van der Waals surface area (Å²) >= 11 is 1.62. The van der Waals surface area contributed by atoms with E-state index < -0.39 is 0 Å². The normalized spacial score (nSPS) is 11.3. The maximum absolute atomic E-state index is 9.16. The molecule has 3 heterocycles. The summed E-state index contributed by atoms with van der Waals surface area (Å²) in [6.07, 6.45) is 5.76. The summed E-state index contributed by atoms with van der Waals surface area (Å²) in [6.45, 7) is 2.07. The first-order valence-corrected chi connectivity index (χ1v) is 7.35. The summed E-state index contributed by atoms with van der Waals surface area (Å²) < 4.78 is 3.95. The van der Waals surface area contributed by atoms with Gasteiger partial charge in [0.25, 0.3) is 0 Å². The minimum Gasteiger partial charge on any atom is -0.390 e. The van der Waals surface area contributed by atoms with Crippen LogP contribution in [0.25, 0.3) is 5.65 Å². The highest BCUT2D eigenvalue weighted by molar-refractivity contribution is 7.98. The number of hydrogen-bond donors (Lipinski definition) is 1. The molecule has 1 N–H and O–H groups in total. The minimum absolute atomic E-state index is 0.0115. The first-order valence-electron chi connectivity index (χ1n) is 6.36. The van der Waals surface area contributed by atoms with E-state index in [1.807, 2.05) is 34.5 Å². The lowest BCUT2D eigenvalue weighted by Crippen LogP contribution is -1.97. The average molecular weight is 288 g/mol. The van der Waals surface area contributed by atoms with Crippen molar-refractivity contribution in [1.29, 1.82) is 0 Å². The van der Waals surface area contributed by atoms with Gasteiger partial charge in [-0.2, -0.15) is 0 Å². The van der Waals surface area contributed by atoms with Crippen LogP contribution in [0.15, 0.2) is 35.9 Å². The van der Waals surface area contributed by atoms with Gasteiger partial charge in [0, 0.05) is 25.2 Å². The highest BCUT2D eigenvalue weighted by Crippen LogP contribution is 2.22. The van der Waals surface area contributed by atoms with Crippen molar-refractivity contribution in [2.75, 3.05) is 0 Å². The molecule has 3 aromatic rings. The van der Waals surface area contributed by atoms with Gasteiger partial charge in [-0.3, -0.25) is 0 Å². The van der Waals surface area contributed by atoms with Crippen molar-refractivity contribution >= 4 is 17.4 Å². The Labute approximate surface area is 121 Å². The second-order valence-electron chi connectivity index (χ2n) is 4.69. The maximum atomic E-state index is 9.16. The van der Waals surface area contributed by atoms with Crippen LogP contribution >= 0.6 is 11.8 Å². The summed E-state index contributed by atoms with van der Waals surface area (Å²) in [5.74, 6) is 0.761. The zero-order valence-electron chi connectivity index (χ0n) is 11.4. The molecule has 0 fully saturated rings. The van der Waals surface area contributed by atoms with Crippen LogP contribution in [0.2, 0.25) is 0 Å². The van der Waals surface area contributed by atoms with Crippen LogP contribution in [0.5, 0.6) is 0 Å². The lowest BCUT2D eigenvalue weighted by molar-refractivity contribution is 0.271. The Balaban J connectivity index is 1.79. The van der Waals surface area contributed by atoms with Crippen molar-refractivity contribution in [2.45, 2.75) is 24.4 Å². The van der Waals surface area contributed by atoms with Crippen LogP contribution < -0.4 is 0 Å². The van der Waals surface area contributed by atoms with Crippen molar-refractivity contribution in [2.24, 2.45) is 7.05 Å². The molecule has 5 nitrogen and oxygen atoms in total. The summed E-state index contributed by atoms with van der Waals surface area (Å²) in [5, 5.41) is 10.0. The van der Waals surface area contributed by atoms with Crippen LogP contribution in [0, 0.1) is 6.92 Å². The monoisotopic (exact) mass is 288 g/mol. The second-order valence-corrected chi connectivity index (χ2v) is 5.63. The Morgan fingerprint density at radius 1 is 1.40 bits per heavy atom. The molecule has 3 rings (SSSR count). The van der Waals surface area contributed by atoms with Crippen molar-refractivity contribution < 1.29 is 5.11 Å². The van der Waals surface area contributed by atoms with Gasteiger partial charge in [-0.25, -0.2) is 9.97 Å². The fourth-order valence-corrected chi connectivity index (χ4v) is 2.97. The molecule has 0 spiro atoms. The number of hydrogen-bond acceptors (Lipinski definition) is 4. The van der Waals surface area contributed by atoms with E-state index in [0.29, 0.717) is 0 Å². The number of aromatic nitrogens is 4. The molecule has 0 unspecified atom stereocenters. The Morgan fingerprint density at radius 3 is 2.95 bits per heavy atom. The molecule has 104 valence electrons. The molecule has 0 bridgehead atoms. The molecule has 0 aliphatic carbocycles. The number of nitrogens with zero attached hydrogens (tertiary/aromatic N) is 4. The average Bonchev–Trinajstić information content (AvgIpc) is 3.01. The molecule has 0 atom stereocenters. The molecular formula is C14H16N4OS. The van der Waals surface area contributed by atoms with E-state index in [4.69, 9.17) is 5.11 Å². The molecule has 0 aromatic carbocycles. The molecular weight excluding hydrogens is 272 g/mol. The molecule has 0 saturated heterocycles. The second kappa shape index (κ2) is 5.30. The number of aryl methyl sites for hydroxylation is 1. The summed E-state index contributed by atoms with van der Waals surface area (Å²) in [7, 11) is 1.91. The smallest absolute Gasteiger partial charge is 0.168 e. The number of aliphatic hydroxyl groups is 1. The quantitative estimate of drug-likeness (QED) is 0.748. The SMILES string of the molecule is Cc1cccn2cc(CSc3ncc(CO)n3C)nc12. The third-order valence-electron chi connectivity index (χ3n) is 3.28. The Morgan fingerprint density at radius 2 is 2.25 bits per heavy atom. The van der Waals surface area contributed by atoms with Crippen LogP contribution in [-0.4, -0.2) is 24.0 Å². The van der Waals surface area contributed by atoms with Gasteiger partial charge in [0.2, 0.25) is 0 Å². The van der Waals surface area contributed by atoms with Crippen molar-refractivity contribution in [3.63, 3.8) is 0 Å². The topological polar surface area (TPSA) is 55.4 Å². The molecule has 0 aliphatic rings. The lowest BCUT2D eigenvalue weighted by Gasteiger charge is -2.02. The van der Waals surface area contributed by atoms with Gasteiger partial charge in [0.15, 0.2) is 5.16 Å². The van der Waals surface area contributed by atoms with Crippen LogP contribution in [-0.2, 0) is 19.4 Å². The van der Waals surface area contributed by atoms with E-state index in [9.17, 15) is 0 Å². The number of pyridine rings is 1. The van der Waals surface area contributed by atoms with E-state index in [2.05, 4.69) is 23.0 Å². The van der Waals surface area contributed by atoms with E-state index >= 15 is 0 Å². The van der Waals surface area contributed by atoms with E-state index in [0.717, 1.165) is 27.9 Å². The van der Waals surface area contributed by atoms with Crippen LogP contribution in [0.3, 0.4) is 0 Å². The van der Waals surface area contributed by atoms with Gasteiger partial charge in [-0.15, -0.1) is 0 Å². The highest BCUT2D eigenvalue weighted by Gasteiger charge is 2.09. The predicted octanol–water partition coefficient (Wildman–Crippen LogP) is 2.16. The first-order chi connectivity index (χ1) is 9.69. The zero-order chi connectivity index (χ0) is 14.1. The Hall–Kier alpha value is -1.79. The van der Waals surface area contributed by atoms with Gasteiger partial charge >= 0.3 is 0 Å². The number of fused-ring (bicyclic) bond motifs is 1. The molecule has 0 amide bonds.